The number of urea groups is 1. The van der Waals surface area contributed by atoms with Crippen LogP contribution in [-0.4, -0.2) is 72.3 Å². The van der Waals surface area contributed by atoms with E-state index in [-0.39, 0.29) is 16.8 Å². The van der Waals surface area contributed by atoms with Gasteiger partial charge in [-0.25, -0.2) is 14.5 Å². The normalized spacial score (nSPS) is 22.1. The molecule has 1 aromatic heterocycles. The lowest BCUT2D eigenvalue weighted by Gasteiger charge is -2.67. The Labute approximate surface area is 224 Å². The molecular formula is C28H34N6O3S. The maximum Gasteiger partial charge on any atom is 0.337 e. The topological polar surface area (TPSA) is 106 Å². The largest absolute Gasteiger partial charge is 0.367 e. The summed E-state index contributed by atoms with van der Waals surface area (Å²) in [7, 11) is -0.831. The van der Waals surface area contributed by atoms with Crippen molar-refractivity contribution in [1.29, 1.82) is 0 Å². The highest BCUT2D eigenvalue weighted by atomic mass is 32.3. The van der Waals surface area contributed by atoms with Crippen molar-refractivity contribution in [1.82, 2.24) is 20.1 Å². The Morgan fingerprint density at radius 2 is 1.79 bits per heavy atom. The number of carbonyl (C=O) groups is 1. The second-order valence-electron chi connectivity index (χ2n) is 10.8. The van der Waals surface area contributed by atoms with Gasteiger partial charge in [0.05, 0.1) is 27.9 Å². The lowest BCUT2D eigenvalue weighted by atomic mass is 9.92. The molecule has 3 N–H and O–H groups in total. The van der Waals surface area contributed by atoms with Gasteiger partial charge in [-0.05, 0) is 69.5 Å². The Morgan fingerprint density at radius 1 is 1.08 bits per heavy atom. The van der Waals surface area contributed by atoms with Crippen molar-refractivity contribution in [3.8, 4) is 5.69 Å². The predicted octanol–water partition coefficient (Wildman–Crippen LogP) is 4.54. The van der Waals surface area contributed by atoms with Crippen LogP contribution < -0.4 is 10.2 Å². The van der Waals surface area contributed by atoms with Crippen molar-refractivity contribution in [2.45, 2.75) is 44.4 Å². The number of hydrogen-bond donors (Lipinski definition) is 3. The van der Waals surface area contributed by atoms with Gasteiger partial charge < -0.3 is 10.2 Å². The van der Waals surface area contributed by atoms with E-state index in [0.717, 1.165) is 51.6 Å². The van der Waals surface area contributed by atoms with E-state index in [1.54, 1.807) is 7.05 Å². The third-order valence-corrected chi connectivity index (χ3v) is 10.8. The summed E-state index contributed by atoms with van der Waals surface area (Å²) in [5.41, 5.74) is 7.74. The fourth-order valence-corrected chi connectivity index (χ4v) is 7.70. The first-order chi connectivity index (χ1) is 18.1. The molecule has 3 aromatic rings. The first-order valence-electron chi connectivity index (χ1n) is 13.0. The highest BCUT2D eigenvalue weighted by molar-refractivity contribution is 8.26. The molecule has 4 heterocycles. The Balaban J connectivity index is 1.38. The maximum absolute atomic E-state index is 12.8. The molecule has 0 radical (unpaired) electrons. The van der Waals surface area contributed by atoms with Crippen LogP contribution >= 0.6 is 10.6 Å². The van der Waals surface area contributed by atoms with Gasteiger partial charge in [0.1, 0.15) is 0 Å². The molecule has 2 saturated heterocycles. The van der Waals surface area contributed by atoms with Crippen molar-refractivity contribution in [2.75, 3.05) is 30.8 Å². The lowest BCUT2D eigenvalue weighted by Crippen LogP contribution is -2.69. The maximum atomic E-state index is 12.8. The number of rotatable bonds is 3. The predicted molar refractivity (Wildman–Crippen MR) is 152 cm³/mol. The standard InChI is InChI=1S/C28H34N6O3S/c1-18-13-19(2)33(30-18)24-10-7-22-14-20(3)34(27(35)29-4)31-26(25(22)15-24)21-5-8-23(9-6-21)32-16-28(17-32)11-12-38(28,36)37/h5-10,13,15,20,36-37H,11-12,14,16-17H2,1-4H3,(H,29,35)/t20-/m0/s1. The van der Waals surface area contributed by atoms with Gasteiger partial charge in [-0.3, -0.25) is 9.11 Å². The Bertz CT molecular complexity index is 1440. The summed E-state index contributed by atoms with van der Waals surface area (Å²) >= 11 is 0. The van der Waals surface area contributed by atoms with Gasteiger partial charge in [0.2, 0.25) is 0 Å². The van der Waals surface area contributed by atoms with Gasteiger partial charge in [-0.15, -0.1) is 0 Å². The molecule has 6 rings (SSSR count). The van der Waals surface area contributed by atoms with Crippen LogP contribution in [-0.2, 0) is 6.42 Å². The third-order valence-electron chi connectivity index (χ3n) is 8.16. The zero-order chi connectivity index (χ0) is 26.8. The molecule has 0 bridgehead atoms. The van der Waals surface area contributed by atoms with Crippen LogP contribution in [0.25, 0.3) is 5.69 Å². The summed E-state index contributed by atoms with van der Waals surface area (Å²) < 4.78 is 22.2. The summed E-state index contributed by atoms with van der Waals surface area (Å²) in [5.74, 6) is 0.527. The van der Waals surface area contributed by atoms with E-state index in [2.05, 4.69) is 51.7 Å². The molecule has 0 aliphatic carbocycles. The van der Waals surface area contributed by atoms with Crippen LogP contribution in [0.5, 0.6) is 0 Å². The van der Waals surface area contributed by atoms with Crippen LogP contribution in [0.2, 0.25) is 0 Å². The van der Waals surface area contributed by atoms with Crippen LogP contribution in [0.3, 0.4) is 0 Å². The van der Waals surface area contributed by atoms with Crippen LogP contribution in [0.4, 0.5) is 10.5 Å². The average molecular weight is 535 g/mol. The molecule has 10 heteroatoms. The second kappa shape index (κ2) is 8.86. The highest BCUT2D eigenvalue weighted by Gasteiger charge is 2.59. The van der Waals surface area contributed by atoms with Crippen molar-refractivity contribution in [3.05, 3.63) is 76.6 Å². The lowest BCUT2D eigenvalue weighted by molar-refractivity contribution is 0.184. The molecule has 1 atom stereocenters. The molecule has 2 fully saturated rings. The smallest absolute Gasteiger partial charge is 0.337 e. The Morgan fingerprint density at radius 3 is 2.37 bits per heavy atom. The number of nitrogens with zero attached hydrogens (tertiary/aromatic N) is 5. The fraction of sp³-hybridized carbons (Fsp3) is 0.393. The van der Waals surface area contributed by atoms with E-state index in [1.165, 1.54) is 5.01 Å². The second-order valence-corrected chi connectivity index (χ2v) is 13.4. The molecule has 0 saturated carbocycles. The minimum absolute atomic E-state index is 0.121. The molecule has 3 aliphatic rings. The van der Waals surface area contributed by atoms with Crippen molar-refractivity contribution < 1.29 is 13.9 Å². The van der Waals surface area contributed by atoms with Crippen molar-refractivity contribution >= 4 is 28.0 Å². The number of aromatic nitrogens is 2. The molecule has 2 amide bonds. The number of anilines is 1. The minimum atomic E-state index is -2.45. The van der Waals surface area contributed by atoms with E-state index >= 15 is 0 Å². The number of nitrogens with one attached hydrogen (secondary N) is 1. The molecule has 1 spiro atoms. The fourth-order valence-electron chi connectivity index (χ4n) is 5.82. The number of amides is 2. The quantitative estimate of drug-likeness (QED) is 0.458. The van der Waals surface area contributed by atoms with Crippen LogP contribution in [0.1, 0.15) is 41.4 Å². The van der Waals surface area contributed by atoms with Gasteiger partial charge in [-0.2, -0.15) is 20.8 Å². The number of fused-ring (bicyclic) bond motifs is 1. The van der Waals surface area contributed by atoms with E-state index in [4.69, 9.17) is 5.10 Å². The first kappa shape index (κ1) is 25.0. The average Bonchev–Trinajstić information content (AvgIpc) is 3.13. The molecule has 3 aliphatic heterocycles. The van der Waals surface area contributed by atoms with E-state index in [9.17, 15) is 13.9 Å². The number of carbonyl (C=O) groups excluding carboxylic acids is 1. The summed E-state index contributed by atoms with van der Waals surface area (Å²) in [4.78, 5) is 15.0. The van der Waals surface area contributed by atoms with Crippen molar-refractivity contribution in [3.63, 3.8) is 0 Å². The Kier molecular flexibility index (Phi) is 5.82. The number of aryl methyl sites for hydroxylation is 2. The minimum Gasteiger partial charge on any atom is -0.367 e. The zero-order valence-electron chi connectivity index (χ0n) is 22.2. The molecule has 2 aromatic carbocycles. The summed E-state index contributed by atoms with van der Waals surface area (Å²) in [6.45, 7) is 7.38. The number of hydrazone groups is 1. The molecule has 38 heavy (non-hydrogen) atoms. The number of benzene rings is 2. The molecule has 9 nitrogen and oxygen atoms in total. The van der Waals surface area contributed by atoms with Crippen LogP contribution in [0, 0.1) is 13.8 Å². The SMILES string of the molecule is CNC(=O)N1N=C(c2ccc(N3CC4(CCS4(O)O)C3)cc2)c2cc(-n3nc(C)cc3C)ccc2C[C@@H]1C. The molecular weight excluding hydrogens is 500 g/mol. The first-order valence-corrected chi connectivity index (χ1v) is 14.7. The number of hydrogen-bond acceptors (Lipinski definition) is 6. The summed E-state index contributed by atoms with van der Waals surface area (Å²) in [6.07, 6.45) is 1.55. The zero-order valence-corrected chi connectivity index (χ0v) is 23.0. The van der Waals surface area contributed by atoms with Gasteiger partial charge in [-0.1, -0.05) is 18.2 Å². The summed E-state index contributed by atoms with van der Waals surface area (Å²) in [5, 5.41) is 13.8. The van der Waals surface area contributed by atoms with Crippen LogP contribution in [0.15, 0.2) is 53.6 Å². The monoisotopic (exact) mass is 534 g/mol. The molecule has 200 valence electrons. The van der Waals surface area contributed by atoms with Gasteiger partial charge >= 0.3 is 6.03 Å². The molecule has 0 unspecified atom stereocenters. The Hall–Kier alpha value is -3.34. The van der Waals surface area contributed by atoms with Gasteiger partial charge in [0.15, 0.2) is 0 Å². The van der Waals surface area contributed by atoms with Gasteiger partial charge in [0.25, 0.3) is 0 Å². The highest BCUT2D eigenvalue weighted by Crippen LogP contribution is 2.67. The third kappa shape index (κ3) is 3.90. The van der Waals surface area contributed by atoms with Gasteiger partial charge in [0, 0.05) is 48.4 Å². The van der Waals surface area contributed by atoms with E-state index in [0.29, 0.717) is 25.3 Å². The van der Waals surface area contributed by atoms with E-state index in [1.807, 2.05) is 37.6 Å². The van der Waals surface area contributed by atoms with Crippen molar-refractivity contribution in [2.24, 2.45) is 5.10 Å². The summed E-state index contributed by atoms with van der Waals surface area (Å²) in [6, 6.07) is 16.2. The van der Waals surface area contributed by atoms with E-state index < -0.39 is 10.6 Å².